The predicted molar refractivity (Wildman–Crippen MR) is 302 cm³/mol. The summed E-state index contributed by atoms with van der Waals surface area (Å²) < 4.78 is 16.8. The largest absolute Gasteiger partial charge is 0.462 e. The van der Waals surface area contributed by atoms with Gasteiger partial charge in [0.25, 0.3) is 0 Å². The van der Waals surface area contributed by atoms with Gasteiger partial charge < -0.3 is 14.2 Å². The van der Waals surface area contributed by atoms with Crippen molar-refractivity contribution < 1.29 is 28.6 Å². The molecule has 0 N–H and O–H groups in total. The molecule has 0 saturated carbocycles. The molecule has 0 aliphatic carbocycles. The number of carbonyl (C=O) groups excluding carboxylic acids is 3. The molecule has 1 unspecified atom stereocenters. The first-order valence-electron chi connectivity index (χ1n) is 28.5. The Bertz CT molecular complexity index is 1490. The molecule has 0 aromatic rings. The SMILES string of the molecule is CC/C=C\C/C=C\C/C=C\C/C=C\C/C=C\C/C=C\C/C=C\C/C=C\CCCCCCCCC(=O)OCC(COC(=O)CCCCCCC/C=C\CCC)OC(=O)CCCCCCC/C=C\CCCC. The number of ether oxygens (including phenoxy) is 3. The third-order valence-electron chi connectivity index (χ3n) is 11.7. The molecule has 0 rings (SSSR count). The van der Waals surface area contributed by atoms with Gasteiger partial charge in [-0.15, -0.1) is 0 Å². The molecule has 70 heavy (non-hydrogen) atoms. The highest BCUT2D eigenvalue weighted by Gasteiger charge is 2.19. The summed E-state index contributed by atoms with van der Waals surface area (Å²) in [7, 11) is 0. The first kappa shape index (κ1) is 65.8. The van der Waals surface area contributed by atoms with Crippen molar-refractivity contribution in [1.82, 2.24) is 0 Å². The van der Waals surface area contributed by atoms with Crippen LogP contribution in [-0.4, -0.2) is 37.2 Å². The maximum Gasteiger partial charge on any atom is 0.306 e. The third-order valence-corrected chi connectivity index (χ3v) is 11.7. The molecule has 0 amide bonds. The number of esters is 3. The summed E-state index contributed by atoms with van der Waals surface area (Å²) in [5.41, 5.74) is 0. The average Bonchev–Trinajstić information content (AvgIpc) is 3.36. The van der Waals surface area contributed by atoms with Crippen molar-refractivity contribution in [3.05, 3.63) is 122 Å². The Balaban J connectivity index is 4.23. The lowest BCUT2D eigenvalue weighted by Crippen LogP contribution is -2.30. The summed E-state index contributed by atoms with van der Waals surface area (Å²) in [5, 5.41) is 0. The Morgan fingerprint density at radius 3 is 0.943 bits per heavy atom. The normalized spacial score (nSPS) is 13.0. The van der Waals surface area contributed by atoms with E-state index in [4.69, 9.17) is 14.2 Å². The Morgan fingerprint density at radius 1 is 0.300 bits per heavy atom. The Kier molecular flexibility index (Phi) is 54.0. The van der Waals surface area contributed by atoms with Gasteiger partial charge in [0.1, 0.15) is 13.2 Å². The Morgan fingerprint density at radius 2 is 0.586 bits per heavy atom. The molecule has 0 bridgehead atoms. The average molecular weight is 970 g/mol. The number of hydrogen-bond donors (Lipinski definition) is 0. The second kappa shape index (κ2) is 57.4. The number of rotatable bonds is 50. The van der Waals surface area contributed by atoms with Crippen molar-refractivity contribution in [1.29, 1.82) is 0 Å². The maximum absolute atomic E-state index is 12.8. The van der Waals surface area contributed by atoms with E-state index in [1.807, 2.05) is 0 Å². The highest BCUT2D eigenvalue weighted by Crippen LogP contribution is 2.13. The monoisotopic (exact) mass is 969 g/mol. The van der Waals surface area contributed by atoms with E-state index in [9.17, 15) is 14.4 Å². The summed E-state index contributed by atoms with van der Waals surface area (Å²) >= 11 is 0. The molecule has 6 nitrogen and oxygen atoms in total. The molecule has 0 saturated heterocycles. The van der Waals surface area contributed by atoms with Crippen LogP contribution in [0.1, 0.15) is 245 Å². The van der Waals surface area contributed by atoms with Crippen molar-refractivity contribution in [3.63, 3.8) is 0 Å². The zero-order valence-electron chi connectivity index (χ0n) is 45.2. The van der Waals surface area contributed by atoms with Crippen LogP contribution in [0.4, 0.5) is 0 Å². The highest BCUT2D eigenvalue weighted by atomic mass is 16.6. The van der Waals surface area contributed by atoms with Gasteiger partial charge in [-0.1, -0.05) is 226 Å². The molecule has 0 aliphatic heterocycles. The fraction of sp³-hybridized carbons (Fsp3) is 0.641. The molecule has 6 heteroatoms. The standard InChI is InChI=1S/C64H104O6/c1-4-7-10-13-16-19-22-23-24-25-26-27-28-29-30-31-32-33-34-35-36-37-38-39-40-41-43-45-48-51-54-57-63(66)69-60-61(59-68-62(65)56-53-50-47-44-21-18-15-12-9-6-3)70-64(67)58-55-52-49-46-42-20-17-14-11-8-5-2/h7,10,12,14-17,19,23-24,26-27,29-30,32-33,35-36,38-39,61H,4-6,8-9,11,13,18,20-22,25,28,31,34,37,40-60H2,1-3H3/b10-7-,15-12-,17-14-,19-16-,24-23-,27-26-,30-29-,33-32-,36-35-,39-38-. The highest BCUT2D eigenvalue weighted by molar-refractivity contribution is 5.71. The topological polar surface area (TPSA) is 78.9 Å². The smallest absolute Gasteiger partial charge is 0.306 e. The summed E-state index contributed by atoms with van der Waals surface area (Å²) in [6.07, 6.45) is 79.2. The van der Waals surface area contributed by atoms with E-state index in [-0.39, 0.29) is 31.1 Å². The van der Waals surface area contributed by atoms with Crippen LogP contribution in [0.15, 0.2) is 122 Å². The second-order valence-electron chi connectivity index (χ2n) is 18.5. The van der Waals surface area contributed by atoms with Crippen LogP contribution in [-0.2, 0) is 28.6 Å². The first-order chi connectivity index (χ1) is 34.5. The van der Waals surface area contributed by atoms with Gasteiger partial charge in [0.05, 0.1) is 0 Å². The van der Waals surface area contributed by atoms with E-state index in [0.29, 0.717) is 19.3 Å². The fourth-order valence-corrected chi connectivity index (χ4v) is 7.38. The quantitative estimate of drug-likeness (QED) is 0.0262. The second-order valence-corrected chi connectivity index (χ2v) is 18.5. The minimum atomic E-state index is -0.793. The lowest BCUT2D eigenvalue weighted by atomic mass is 10.1. The van der Waals surface area contributed by atoms with Crippen LogP contribution in [0.25, 0.3) is 0 Å². The van der Waals surface area contributed by atoms with Crippen molar-refractivity contribution in [2.45, 2.75) is 252 Å². The van der Waals surface area contributed by atoms with Crippen LogP contribution in [0.2, 0.25) is 0 Å². The third kappa shape index (κ3) is 54.7. The molecule has 0 heterocycles. The van der Waals surface area contributed by atoms with E-state index in [0.717, 1.165) is 154 Å². The van der Waals surface area contributed by atoms with Gasteiger partial charge in [0.15, 0.2) is 6.10 Å². The zero-order chi connectivity index (χ0) is 50.7. The van der Waals surface area contributed by atoms with Crippen LogP contribution < -0.4 is 0 Å². The fourth-order valence-electron chi connectivity index (χ4n) is 7.38. The molecule has 0 radical (unpaired) electrons. The first-order valence-corrected chi connectivity index (χ1v) is 28.5. The molecule has 396 valence electrons. The van der Waals surface area contributed by atoms with Gasteiger partial charge in [0, 0.05) is 19.3 Å². The van der Waals surface area contributed by atoms with Crippen LogP contribution in [0, 0.1) is 0 Å². The molecular weight excluding hydrogens is 865 g/mol. The molecule has 0 aromatic heterocycles. The van der Waals surface area contributed by atoms with Gasteiger partial charge in [-0.25, -0.2) is 0 Å². The van der Waals surface area contributed by atoms with Gasteiger partial charge in [0.2, 0.25) is 0 Å². The van der Waals surface area contributed by atoms with Gasteiger partial charge in [-0.05, 0) is 122 Å². The van der Waals surface area contributed by atoms with E-state index < -0.39 is 6.10 Å². The minimum Gasteiger partial charge on any atom is -0.462 e. The molecule has 0 aromatic carbocycles. The van der Waals surface area contributed by atoms with Crippen molar-refractivity contribution in [2.75, 3.05) is 13.2 Å². The van der Waals surface area contributed by atoms with E-state index in [2.05, 4.69) is 142 Å². The summed E-state index contributed by atoms with van der Waals surface area (Å²) in [5.74, 6) is -0.933. The van der Waals surface area contributed by atoms with Gasteiger partial charge in [-0.3, -0.25) is 14.4 Å². The Labute approximate surface area is 431 Å². The van der Waals surface area contributed by atoms with Gasteiger partial charge in [-0.2, -0.15) is 0 Å². The minimum absolute atomic E-state index is 0.0926. The summed E-state index contributed by atoms with van der Waals surface area (Å²) in [6, 6.07) is 0. The number of hydrogen-bond acceptors (Lipinski definition) is 6. The summed E-state index contributed by atoms with van der Waals surface area (Å²) in [6.45, 7) is 6.38. The van der Waals surface area contributed by atoms with E-state index >= 15 is 0 Å². The van der Waals surface area contributed by atoms with Crippen LogP contribution in [0.5, 0.6) is 0 Å². The number of unbranched alkanes of at least 4 members (excludes halogenated alkanes) is 19. The van der Waals surface area contributed by atoms with Crippen LogP contribution in [0.3, 0.4) is 0 Å². The molecule has 0 spiro atoms. The molecular formula is C64H104O6. The van der Waals surface area contributed by atoms with E-state index in [1.54, 1.807) is 0 Å². The Hall–Kier alpha value is -4.19. The van der Waals surface area contributed by atoms with Crippen molar-refractivity contribution in [3.8, 4) is 0 Å². The molecule has 1 atom stereocenters. The van der Waals surface area contributed by atoms with Crippen molar-refractivity contribution in [2.24, 2.45) is 0 Å². The summed E-state index contributed by atoms with van der Waals surface area (Å²) in [4.78, 5) is 37.9. The number of carbonyl (C=O) groups is 3. The number of allylic oxidation sites excluding steroid dienone is 20. The molecule has 0 fully saturated rings. The lowest BCUT2D eigenvalue weighted by Gasteiger charge is -2.18. The maximum atomic E-state index is 12.8. The van der Waals surface area contributed by atoms with Crippen molar-refractivity contribution >= 4 is 17.9 Å². The molecule has 0 aliphatic rings. The lowest BCUT2D eigenvalue weighted by molar-refractivity contribution is -0.167. The van der Waals surface area contributed by atoms with Crippen LogP contribution >= 0.6 is 0 Å². The zero-order valence-corrected chi connectivity index (χ0v) is 45.2. The van der Waals surface area contributed by atoms with E-state index in [1.165, 1.54) is 51.4 Å². The van der Waals surface area contributed by atoms with Gasteiger partial charge >= 0.3 is 17.9 Å². The predicted octanol–water partition coefficient (Wildman–Crippen LogP) is 19.3.